The number of benzene rings is 1. The fourth-order valence-electron chi connectivity index (χ4n) is 3.22. The van der Waals surface area contributed by atoms with Crippen molar-refractivity contribution in [3.8, 4) is 5.75 Å². The third kappa shape index (κ3) is 2.81. The molecule has 1 aromatic heterocycles. The molecule has 0 bridgehead atoms. The number of nitrogens with one attached hydrogen (secondary N) is 1. The minimum Gasteiger partial charge on any atom is -0.494 e. The highest BCUT2D eigenvalue weighted by molar-refractivity contribution is 5.88. The third-order valence-electron chi connectivity index (χ3n) is 4.39. The van der Waals surface area contributed by atoms with Crippen molar-refractivity contribution in [1.82, 2.24) is 15.2 Å². The summed E-state index contributed by atoms with van der Waals surface area (Å²) in [6.07, 6.45) is 2.16. The first-order valence-electron chi connectivity index (χ1n) is 8.11. The molecule has 4 nitrogen and oxygen atoms in total. The van der Waals surface area contributed by atoms with Crippen LogP contribution in [0.2, 0.25) is 0 Å². The maximum atomic E-state index is 5.53. The highest BCUT2D eigenvalue weighted by Gasteiger charge is 2.21. The molecule has 0 saturated heterocycles. The van der Waals surface area contributed by atoms with Gasteiger partial charge < -0.3 is 15.0 Å². The number of fused-ring (bicyclic) bond motifs is 2. The number of ether oxygens (including phenoxy) is 1. The molecule has 0 amide bonds. The van der Waals surface area contributed by atoms with Crippen molar-refractivity contribution in [3.05, 3.63) is 35.0 Å². The summed E-state index contributed by atoms with van der Waals surface area (Å²) in [7, 11) is 3.90. The van der Waals surface area contributed by atoms with Gasteiger partial charge in [-0.2, -0.15) is 0 Å². The monoisotopic (exact) mass is 299 g/mol. The second kappa shape index (κ2) is 6.63. The van der Waals surface area contributed by atoms with Gasteiger partial charge in [-0.3, -0.25) is 0 Å². The first-order valence-corrected chi connectivity index (χ1v) is 8.11. The Hall–Kier alpha value is -1.65. The zero-order chi connectivity index (χ0) is 15.5. The summed E-state index contributed by atoms with van der Waals surface area (Å²) in [5, 5.41) is 4.78. The van der Waals surface area contributed by atoms with Gasteiger partial charge in [0.1, 0.15) is 11.3 Å². The van der Waals surface area contributed by atoms with Crippen LogP contribution in [0.4, 0.5) is 0 Å². The van der Waals surface area contributed by atoms with E-state index in [0.29, 0.717) is 0 Å². The van der Waals surface area contributed by atoms with E-state index < -0.39 is 0 Å². The van der Waals surface area contributed by atoms with E-state index in [1.54, 1.807) is 7.11 Å². The van der Waals surface area contributed by atoms with E-state index in [4.69, 9.17) is 9.72 Å². The van der Waals surface area contributed by atoms with Crippen molar-refractivity contribution < 1.29 is 4.74 Å². The molecule has 0 atom stereocenters. The fraction of sp³-hybridized carbons (Fsp3) is 0.500. The topological polar surface area (TPSA) is 37.4 Å². The maximum Gasteiger partial charge on any atom is 0.145 e. The molecule has 118 valence electrons. The summed E-state index contributed by atoms with van der Waals surface area (Å²) < 4.78 is 5.53. The molecule has 0 fully saturated rings. The maximum absolute atomic E-state index is 5.53. The number of nitrogens with zero attached hydrogens (tertiary/aromatic N) is 2. The van der Waals surface area contributed by atoms with Crippen LogP contribution in [0.15, 0.2) is 18.2 Å². The molecule has 0 spiro atoms. The number of methoxy groups -OCH3 is 1. The van der Waals surface area contributed by atoms with Crippen molar-refractivity contribution in [2.24, 2.45) is 0 Å². The van der Waals surface area contributed by atoms with Gasteiger partial charge in [-0.25, -0.2) is 4.98 Å². The van der Waals surface area contributed by atoms with Crippen LogP contribution in [-0.4, -0.2) is 37.1 Å². The quantitative estimate of drug-likeness (QED) is 0.862. The molecule has 1 aliphatic heterocycles. The lowest BCUT2D eigenvalue weighted by Crippen LogP contribution is -2.29. The van der Waals surface area contributed by atoms with Crippen molar-refractivity contribution in [1.29, 1.82) is 0 Å². The zero-order valence-corrected chi connectivity index (χ0v) is 13.8. The first-order chi connectivity index (χ1) is 10.7. The second-order valence-electron chi connectivity index (χ2n) is 6.04. The summed E-state index contributed by atoms with van der Waals surface area (Å²) in [4.78, 5) is 7.30. The Balaban J connectivity index is 2.15. The van der Waals surface area contributed by atoms with Crippen LogP contribution in [0.1, 0.15) is 30.2 Å². The van der Waals surface area contributed by atoms with Gasteiger partial charge >= 0.3 is 0 Å². The van der Waals surface area contributed by atoms with Gasteiger partial charge in [0.2, 0.25) is 0 Å². The van der Waals surface area contributed by atoms with Crippen LogP contribution in [0, 0.1) is 0 Å². The fourth-order valence-corrected chi connectivity index (χ4v) is 3.22. The molecule has 0 aliphatic carbocycles. The Morgan fingerprint density at radius 2 is 2.23 bits per heavy atom. The van der Waals surface area contributed by atoms with Crippen molar-refractivity contribution in [2.45, 2.75) is 32.9 Å². The average Bonchev–Trinajstić information content (AvgIpc) is 2.54. The lowest BCUT2D eigenvalue weighted by Gasteiger charge is -2.27. The van der Waals surface area contributed by atoms with E-state index in [0.717, 1.165) is 50.3 Å². The molecular weight excluding hydrogens is 274 g/mol. The number of hydrogen-bond donors (Lipinski definition) is 1. The molecule has 1 aliphatic rings. The molecule has 2 aromatic rings. The number of hydrogen-bond acceptors (Lipinski definition) is 4. The second-order valence-corrected chi connectivity index (χ2v) is 6.04. The Kier molecular flexibility index (Phi) is 4.60. The molecule has 0 saturated carbocycles. The van der Waals surface area contributed by atoms with Crippen molar-refractivity contribution >= 4 is 10.9 Å². The van der Waals surface area contributed by atoms with E-state index in [-0.39, 0.29) is 0 Å². The number of pyridine rings is 1. The molecule has 1 aromatic carbocycles. The SMILES string of the molecule is CCCNCc1c2c(nc3c(OC)cccc13)CCN(C)C2. The van der Waals surface area contributed by atoms with Gasteiger partial charge in [0.15, 0.2) is 0 Å². The highest BCUT2D eigenvalue weighted by Crippen LogP contribution is 2.32. The third-order valence-corrected chi connectivity index (χ3v) is 4.39. The Labute approximate surface area is 132 Å². The minimum absolute atomic E-state index is 0.871. The van der Waals surface area contributed by atoms with Crippen molar-refractivity contribution in [3.63, 3.8) is 0 Å². The summed E-state index contributed by atoms with van der Waals surface area (Å²) in [5.74, 6) is 0.871. The molecule has 3 rings (SSSR count). The van der Waals surface area contributed by atoms with Gasteiger partial charge in [0.05, 0.1) is 7.11 Å². The summed E-state index contributed by atoms with van der Waals surface area (Å²) in [6, 6.07) is 6.23. The zero-order valence-electron chi connectivity index (χ0n) is 13.8. The molecule has 1 N–H and O–H groups in total. The van der Waals surface area contributed by atoms with E-state index in [2.05, 4.69) is 36.3 Å². The highest BCUT2D eigenvalue weighted by atomic mass is 16.5. The van der Waals surface area contributed by atoms with E-state index in [1.807, 2.05) is 6.07 Å². The molecular formula is C18H25N3O. The first kappa shape index (κ1) is 15.3. The molecule has 2 heterocycles. The van der Waals surface area contributed by atoms with Gasteiger partial charge in [0, 0.05) is 37.1 Å². The van der Waals surface area contributed by atoms with Crippen LogP contribution < -0.4 is 10.1 Å². The number of rotatable bonds is 5. The number of aromatic nitrogens is 1. The predicted molar refractivity (Wildman–Crippen MR) is 90.3 cm³/mol. The van der Waals surface area contributed by atoms with Crippen LogP contribution in [0.5, 0.6) is 5.75 Å². The van der Waals surface area contributed by atoms with Gasteiger partial charge in [-0.1, -0.05) is 19.1 Å². The van der Waals surface area contributed by atoms with Crippen LogP contribution in [-0.2, 0) is 19.5 Å². The number of para-hydroxylation sites is 1. The van der Waals surface area contributed by atoms with E-state index in [1.165, 1.54) is 22.2 Å². The van der Waals surface area contributed by atoms with Gasteiger partial charge in [-0.05, 0) is 37.2 Å². The normalized spacial score (nSPS) is 15.0. The molecule has 0 radical (unpaired) electrons. The summed E-state index contributed by atoms with van der Waals surface area (Å²) in [6.45, 7) is 6.19. The van der Waals surface area contributed by atoms with Gasteiger partial charge in [0.25, 0.3) is 0 Å². The smallest absolute Gasteiger partial charge is 0.145 e. The summed E-state index contributed by atoms with van der Waals surface area (Å²) >= 11 is 0. The average molecular weight is 299 g/mol. The number of likely N-dealkylation sites (N-methyl/N-ethyl adjacent to an activating group) is 1. The van der Waals surface area contributed by atoms with E-state index >= 15 is 0 Å². The minimum atomic E-state index is 0.871. The van der Waals surface area contributed by atoms with Crippen LogP contribution >= 0.6 is 0 Å². The Morgan fingerprint density at radius 1 is 1.36 bits per heavy atom. The standard InChI is InChI=1S/C18H25N3O/c1-4-9-19-11-14-13-6-5-7-17(22-3)18(13)20-16-8-10-21(2)12-15(14)16/h5-7,19H,4,8-12H2,1-3H3. The Morgan fingerprint density at radius 3 is 3.00 bits per heavy atom. The predicted octanol–water partition coefficient (Wildman–Crippen LogP) is 2.73. The van der Waals surface area contributed by atoms with Gasteiger partial charge in [-0.15, -0.1) is 0 Å². The molecule has 4 heteroatoms. The van der Waals surface area contributed by atoms with Crippen LogP contribution in [0.3, 0.4) is 0 Å². The Bertz CT molecular complexity index is 669. The lowest BCUT2D eigenvalue weighted by atomic mass is 9.95. The van der Waals surface area contributed by atoms with Crippen molar-refractivity contribution in [2.75, 3.05) is 27.2 Å². The van der Waals surface area contributed by atoms with E-state index in [9.17, 15) is 0 Å². The lowest BCUT2D eigenvalue weighted by molar-refractivity contribution is 0.308. The molecule has 22 heavy (non-hydrogen) atoms. The van der Waals surface area contributed by atoms with Crippen LogP contribution in [0.25, 0.3) is 10.9 Å². The largest absolute Gasteiger partial charge is 0.494 e. The summed E-state index contributed by atoms with van der Waals surface area (Å²) in [5.41, 5.74) is 5.03. The molecule has 0 unspecified atom stereocenters.